The number of halogens is 1. The van der Waals surface area contributed by atoms with Gasteiger partial charge in [0.25, 0.3) is 0 Å². The third-order valence-electron chi connectivity index (χ3n) is 5.55. The van der Waals surface area contributed by atoms with Crippen molar-refractivity contribution in [3.63, 3.8) is 0 Å². The van der Waals surface area contributed by atoms with E-state index in [-0.39, 0.29) is 6.10 Å². The fraction of sp³-hybridized carbons (Fsp3) is 0.231. The van der Waals surface area contributed by atoms with Crippen LogP contribution in [0.2, 0.25) is 0 Å². The van der Waals surface area contributed by atoms with Crippen molar-refractivity contribution in [1.82, 2.24) is 14.9 Å². The number of fused-ring (bicyclic) bond motifs is 1. The molecule has 2 heterocycles. The molecule has 0 unspecified atom stereocenters. The van der Waals surface area contributed by atoms with E-state index in [4.69, 9.17) is 14.7 Å². The molecule has 0 N–H and O–H groups in total. The van der Waals surface area contributed by atoms with Crippen molar-refractivity contribution in [3.8, 4) is 11.4 Å². The van der Waals surface area contributed by atoms with Crippen LogP contribution in [0.5, 0.6) is 0 Å². The van der Waals surface area contributed by atoms with Crippen molar-refractivity contribution in [2.24, 2.45) is 0 Å². The van der Waals surface area contributed by atoms with Gasteiger partial charge in [0, 0.05) is 40.8 Å². The van der Waals surface area contributed by atoms with Gasteiger partial charge in [-0.2, -0.15) is 0 Å². The van der Waals surface area contributed by atoms with E-state index in [9.17, 15) is 0 Å². The Morgan fingerprint density at radius 3 is 2.56 bits per heavy atom. The van der Waals surface area contributed by atoms with Gasteiger partial charge in [0.05, 0.1) is 18.2 Å². The van der Waals surface area contributed by atoms with Crippen molar-refractivity contribution < 1.29 is 4.74 Å². The summed E-state index contributed by atoms with van der Waals surface area (Å²) in [6.45, 7) is 3.65. The number of hydrogen-bond donors (Lipinski definition) is 0. The lowest BCUT2D eigenvalue weighted by Crippen LogP contribution is -2.43. The Morgan fingerprint density at radius 1 is 0.938 bits per heavy atom. The summed E-state index contributed by atoms with van der Waals surface area (Å²) in [7, 11) is 0. The van der Waals surface area contributed by atoms with Crippen LogP contribution in [0.4, 0.5) is 0 Å². The average molecular weight is 506 g/mol. The lowest BCUT2D eigenvalue weighted by molar-refractivity contribution is -0.0187. The molecule has 1 fully saturated rings. The van der Waals surface area contributed by atoms with Gasteiger partial charge in [-0.05, 0) is 23.8 Å². The van der Waals surface area contributed by atoms with E-state index >= 15 is 0 Å². The zero-order valence-electron chi connectivity index (χ0n) is 17.7. The van der Waals surface area contributed by atoms with Gasteiger partial charge in [-0.1, -0.05) is 76.6 Å². The third-order valence-corrected chi connectivity index (χ3v) is 7.20. The number of rotatable bonds is 6. The third kappa shape index (κ3) is 5.21. The highest BCUT2D eigenvalue weighted by Gasteiger charge is 2.21. The van der Waals surface area contributed by atoms with E-state index in [0.29, 0.717) is 0 Å². The first-order chi connectivity index (χ1) is 15.7. The highest BCUT2D eigenvalue weighted by molar-refractivity contribution is 9.10. The molecule has 162 valence electrons. The fourth-order valence-corrected chi connectivity index (χ4v) is 5.21. The highest BCUT2D eigenvalue weighted by Crippen LogP contribution is 2.30. The second-order valence-corrected chi connectivity index (χ2v) is 9.83. The Bertz CT molecular complexity index is 1190. The largest absolute Gasteiger partial charge is 0.375 e. The molecule has 5 rings (SSSR count). The lowest BCUT2D eigenvalue weighted by atomic mass is 10.2. The lowest BCUT2D eigenvalue weighted by Gasteiger charge is -2.32. The maximum absolute atomic E-state index is 6.10. The van der Waals surface area contributed by atoms with E-state index in [1.165, 1.54) is 5.56 Å². The normalized spacial score (nSPS) is 17.0. The molecule has 0 amide bonds. The predicted molar refractivity (Wildman–Crippen MR) is 135 cm³/mol. The minimum atomic E-state index is 0.183. The first-order valence-electron chi connectivity index (χ1n) is 10.8. The molecular weight excluding hydrogens is 482 g/mol. The quantitative estimate of drug-likeness (QED) is 0.235. The minimum Gasteiger partial charge on any atom is -0.375 e. The van der Waals surface area contributed by atoms with E-state index < -0.39 is 0 Å². The SMILES string of the molecule is Brc1ccc(-c2nc(SC[C@@H]3CN(Cc4ccccc4)CCO3)c3ccccc3n2)cc1. The Labute approximate surface area is 201 Å². The Balaban J connectivity index is 1.32. The second kappa shape index (κ2) is 10.1. The van der Waals surface area contributed by atoms with Gasteiger partial charge in [-0.15, -0.1) is 11.8 Å². The Kier molecular flexibility index (Phi) is 6.83. The number of hydrogen-bond acceptors (Lipinski definition) is 5. The van der Waals surface area contributed by atoms with Gasteiger partial charge in [-0.3, -0.25) is 4.90 Å². The molecule has 1 aliphatic heterocycles. The minimum absolute atomic E-state index is 0.183. The Morgan fingerprint density at radius 2 is 1.72 bits per heavy atom. The summed E-state index contributed by atoms with van der Waals surface area (Å²) in [5, 5.41) is 2.10. The van der Waals surface area contributed by atoms with Crippen molar-refractivity contribution >= 4 is 38.6 Å². The van der Waals surface area contributed by atoms with Crippen LogP contribution in [-0.4, -0.2) is 46.4 Å². The molecule has 0 radical (unpaired) electrons. The molecular formula is C26H24BrN3OS. The Hall–Kier alpha value is -2.25. The summed E-state index contributed by atoms with van der Waals surface area (Å²) in [6, 6.07) is 27.0. The topological polar surface area (TPSA) is 38.2 Å². The number of para-hydroxylation sites is 1. The van der Waals surface area contributed by atoms with Gasteiger partial charge in [0.15, 0.2) is 5.82 Å². The number of morpholine rings is 1. The number of thioether (sulfide) groups is 1. The standard InChI is InChI=1S/C26H24BrN3OS/c27-21-12-10-20(11-13-21)25-28-24-9-5-4-8-23(24)26(29-25)32-18-22-17-30(14-15-31-22)16-19-6-2-1-3-7-19/h1-13,22H,14-18H2/t22-/m0/s1. The maximum atomic E-state index is 6.10. The summed E-state index contributed by atoms with van der Waals surface area (Å²) in [6.07, 6.45) is 0.183. The first-order valence-corrected chi connectivity index (χ1v) is 12.6. The molecule has 6 heteroatoms. The van der Waals surface area contributed by atoms with Crippen LogP contribution in [0.15, 0.2) is 88.4 Å². The second-order valence-electron chi connectivity index (χ2n) is 7.90. The summed E-state index contributed by atoms with van der Waals surface area (Å²) in [5.41, 5.74) is 3.34. The van der Waals surface area contributed by atoms with Gasteiger partial charge < -0.3 is 4.74 Å². The average Bonchev–Trinajstić information content (AvgIpc) is 2.84. The molecule has 4 nitrogen and oxygen atoms in total. The maximum Gasteiger partial charge on any atom is 0.161 e. The van der Waals surface area contributed by atoms with Crippen LogP contribution < -0.4 is 0 Å². The van der Waals surface area contributed by atoms with Gasteiger partial charge >= 0.3 is 0 Å². The molecule has 0 saturated carbocycles. The van der Waals surface area contributed by atoms with E-state index in [1.54, 1.807) is 11.8 Å². The highest BCUT2D eigenvalue weighted by atomic mass is 79.9. The van der Waals surface area contributed by atoms with E-state index in [0.717, 1.165) is 63.8 Å². The van der Waals surface area contributed by atoms with Crippen LogP contribution in [0.1, 0.15) is 5.56 Å². The van der Waals surface area contributed by atoms with Crippen molar-refractivity contribution in [2.45, 2.75) is 17.7 Å². The zero-order chi connectivity index (χ0) is 21.8. The summed E-state index contributed by atoms with van der Waals surface area (Å²) in [4.78, 5) is 12.2. The van der Waals surface area contributed by atoms with E-state index in [2.05, 4.69) is 63.3 Å². The summed E-state index contributed by atoms with van der Waals surface area (Å²) in [5.74, 6) is 1.63. The van der Waals surface area contributed by atoms with E-state index in [1.807, 2.05) is 36.4 Å². The summed E-state index contributed by atoms with van der Waals surface area (Å²) >= 11 is 5.27. The molecule has 1 aliphatic rings. The molecule has 1 aromatic heterocycles. The number of benzene rings is 3. The predicted octanol–water partition coefficient (Wildman–Crippen LogP) is 6.05. The van der Waals surface area contributed by atoms with Gasteiger partial charge in [0.1, 0.15) is 5.03 Å². The molecule has 0 bridgehead atoms. The van der Waals surface area contributed by atoms with Crippen molar-refractivity contribution in [1.29, 1.82) is 0 Å². The van der Waals surface area contributed by atoms with Gasteiger partial charge in [-0.25, -0.2) is 9.97 Å². The molecule has 0 aliphatic carbocycles. The first kappa shape index (κ1) is 21.6. The molecule has 4 aromatic rings. The smallest absolute Gasteiger partial charge is 0.161 e. The molecule has 1 atom stereocenters. The number of aromatic nitrogens is 2. The number of nitrogens with zero attached hydrogens (tertiary/aromatic N) is 3. The van der Waals surface area contributed by atoms with Crippen LogP contribution >= 0.6 is 27.7 Å². The van der Waals surface area contributed by atoms with Crippen molar-refractivity contribution in [2.75, 3.05) is 25.4 Å². The molecule has 0 spiro atoms. The summed E-state index contributed by atoms with van der Waals surface area (Å²) < 4.78 is 7.14. The molecule has 32 heavy (non-hydrogen) atoms. The number of ether oxygens (including phenoxy) is 1. The van der Waals surface area contributed by atoms with Crippen LogP contribution in [0.3, 0.4) is 0 Å². The molecule has 1 saturated heterocycles. The monoisotopic (exact) mass is 505 g/mol. The van der Waals surface area contributed by atoms with Gasteiger partial charge in [0.2, 0.25) is 0 Å². The fourth-order valence-electron chi connectivity index (χ4n) is 3.92. The van der Waals surface area contributed by atoms with Crippen LogP contribution in [0, 0.1) is 0 Å². The van der Waals surface area contributed by atoms with Crippen LogP contribution in [0.25, 0.3) is 22.3 Å². The molecule has 3 aromatic carbocycles. The van der Waals surface area contributed by atoms with Crippen LogP contribution in [-0.2, 0) is 11.3 Å². The van der Waals surface area contributed by atoms with Crippen molar-refractivity contribution in [3.05, 3.63) is 88.9 Å². The zero-order valence-corrected chi connectivity index (χ0v) is 20.1.